The number of hydrogen-bond donors (Lipinski definition) is 2. The molecule has 1 aliphatic carbocycles. The summed E-state index contributed by atoms with van der Waals surface area (Å²) in [5.41, 5.74) is 5.92. The zero-order chi connectivity index (χ0) is 16.0. The quantitative estimate of drug-likeness (QED) is 0.650. The highest BCUT2D eigenvalue weighted by Gasteiger charge is 2.08. The predicted octanol–water partition coefficient (Wildman–Crippen LogP) is 4.34. The van der Waals surface area contributed by atoms with Crippen LogP contribution in [0.5, 0.6) is 0 Å². The van der Waals surface area contributed by atoms with Gasteiger partial charge in [0, 0.05) is 20.1 Å². The van der Waals surface area contributed by atoms with Gasteiger partial charge in [-0.3, -0.25) is 0 Å². The maximum absolute atomic E-state index is 9.62. The van der Waals surface area contributed by atoms with Crippen LogP contribution >= 0.6 is 23.2 Å². The molecule has 1 rings (SSSR count). The summed E-state index contributed by atoms with van der Waals surface area (Å²) in [7, 11) is 2.95. The first-order chi connectivity index (χ1) is 9.34. The number of nitrogens with zero attached hydrogens (tertiary/aromatic N) is 1. The molecule has 1 amide bonds. The Kier molecular flexibility index (Phi) is 16.8. The van der Waals surface area contributed by atoms with Crippen molar-refractivity contribution in [3.8, 4) is 0 Å². The van der Waals surface area contributed by atoms with E-state index in [1.165, 1.54) is 59.0 Å². The molecule has 20 heavy (non-hydrogen) atoms. The van der Waals surface area contributed by atoms with E-state index in [-0.39, 0.29) is 5.34 Å². The fraction of sp³-hybridized carbons (Fsp3) is 0.929. The van der Waals surface area contributed by atoms with E-state index in [1.54, 1.807) is 0 Å². The van der Waals surface area contributed by atoms with Crippen molar-refractivity contribution in [1.82, 2.24) is 4.90 Å². The first kappa shape index (κ1) is 22.1. The monoisotopic (exact) mass is 328 g/mol. The Morgan fingerprint density at radius 2 is 1.50 bits per heavy atom. The van der Waals surface area contributed by atoms with E-state index >= 15 is 0 Å². The summed E-state index contributed by atoms with van der Waals surface area (Å²) in [6, 6.07) is 0.500. The molecule has 122 valence electrons. The lowest BCUT2D eigenvalue weighted by Gasteiger charge is -2.08. The van der Waals surface area contributed by atoms with Crippen LogP contribution in [0.4, 0.5) is 4.79 Å². The maximum atomic E-state index is 9.62. The van der Waals surface area contributed by atoms with E-state index in [4.69, 9.17) is 34.0 Å². The van der Waals surface area contributed by atoms with Gasteiger partial charge in [0.25, 0.3) is 0 Å². The van der Waals surface area contributed by atoms with Crippen molar-refractivity contribution in [2.75, 3.05) is 19.4 Å². The summed E-state index contributed by atoms with van der Waals surface area (Å²) in [6.07, 6.45) is 8.52. The van der Waals surface area contributed by atoms with E-state index < -0.39 is 6.09 Å². The number of halogens is 2. The van der Waals surface area contributed by atoms with E-state index in [0.717, 1.165) is 10.8 Å². The lowest BCUT2D eigenvalue weighted by Crippen LogP contribution is -2.18. The average Bonchev–Trinajstić information content (AvgIpc) is 2.44. The molecule has 0 bridgehead atoms. The third-order valence-corrected chi connectivity index (χ3v) is 3.18. The molecule has 0 aromatic carbocycles. The highest BCUT2D eigenvalue weighted by atomic mass is 35.5. The van der Waals surface area contributed by atoms with Gasteiger partial charge in [-0.1, -0.05) is 39.0 Å². The predicted molar refractivity (Wildman–Crippen MR) is 87.7 cm³/mol. The summed E-state index contributed by atoms with van der Waals surface area (Å²) in [5.74, 6) is 0.945. The van der Waals surface area contributed by atoms with Crippen molar-refractivity contribution in [2.24, 2.45) is 11.7 Å². The minimum absolute atomic E-state index is 0.194. The smallest absolute Gasteiger partial charge is 0.406 e. The van der Waals surface area contributed by atoms with Gasteiger partial charge in [-0.25, -0.2) is 4.79 Å². The molecule has 4 nitrogen and oxygen atoms in total. The Hall–Kier alpha value is -0.190. The van der Waals surface area contributed by atoms with Crippen LogP contribution in [0.25, 0.3) is 0 Å². The van der Waals surface area contributed by atoms with Gasteiger partial charge in [-0.2, -0.15) is 0 Å². The van der Waals surface area contributed by atoms with Gasteiger partial charge in [0.2, 0.25) is 0 Å². The summed E-state index contributed by atoms with van der Waals surface area (Å²) in [4.78, 5) is 10.7. The van der Waals surface area contributed by atoms with E-state index in [9.17, 15) is 4.79 Å². The van der Waals surface area contributed by atoms with Crippen LogP contribution in [0.3, 0.4) is 0 Å². The molecule has 0 aliphatic heterocycles. The second kappa shape index (κ2) is 15.2. The van der Waals surface area contributed by atoms with Gasteiger partial charge >= 0.3 is 6.09 Å². The molecule has 6 heteroatoms. The van der Waals surface area contributed by atoms with Crippen LogP contribution < -0.4 is 5.73 Å². The second-order valence-electron chi connectivity index (χ2n) is 5.36. The minimum Gasteiger partial charge on any atom is -0.465 e. The van der Waals surface area contributed by atoms with E-state index in [2.05, 4.69) is 6.92 Å². The van der Waals surface area contributed by atoms with Crippen LogP contribution in [0, 0.1) is 5.92 Å². The second-order valence-corrected chi connectivity index (χ2v) is 6.17. The van der Waals surface area contributed by atoms with Gasteiger partial charge in [0.1, 0.15) is 0 Å². The first-order valence-corrected chi connectivity index (χ1v) is 8.19. The normalized spacial score (nSPS) is 22.7. The fourth-order valence-corrected chi connectivity index (χ4v) is 1.92. The summed E-state index contributed by atoms with van der Waals surface area (Å²) in [5, 5.41) is 8.11. The Balaban J connectivity index is 0. The number of amides is 1. The van der Waals surface area contributed by atoms with Crippen molar-refractivity contribution in [2.45, 2.75) is 57.9 Å². The molecule has 0 saturated heterocycles. The third kappa shape index (κ3) is 17.8. The molecule has 2 unspecified atom stereocenters. The summed E-state index contributed by atoms with van der Waals surface area (Å²) < 4.78 is 0. The average molecular weight is 329 g/mol. The van der Waals surface area contributed by atoms with Crippen LogP contribution in [0.2, 0.25) is 0 Å². The Morgan fingerprint density at radius 3 is 1.95 bits per heavy atom. The van der Waals surface area contributed by atoms with Gasteiger partial charge in [-0.15, -0.1) is 23.2 Å². The molecular weight excluding hydrogens is 299 g/mol. The summed E-state index contributed by atoms with van der Waals surface area (Å²) in [6.45, 7) is 2.37. The van der Waals surface area contributed by atoms with Crippen LogP contribution in [-0.4, -0.2) is 41.6 Å². The third-order valence-electron chi connectivity index (χ3n) is 3.18. The number of rotatable bonds is 0. The van der Waals surface area contributed by atoms with Crippen LogP contribution in [0.1, 0.15) is 51.9 Å². The number of alkyl halides is 2. The van der Waals surface area contributed by atoms with Crippen molar-refractivity contribution in [1.29, 1.82) is 0 Å². The Bertz CT molecular complexity index is 217. The van der Waals surface area contributed by atoms with Crippen molar-refractivity contribution in [3.63, 3.8) is 0 Å². The standard InChI is InChI=1S/C10H21N.C3H7NO2.CH2Cl2/c1-9-5-2-3-7-10(11)8-4-6-9;1-4(2)3(5)6;2-1-3/h9-10H,2-8,11H2,1H3;1-2H3,(H,5,6);1H2. The highest BCUT2D eigenvalue weighted by Crippen LogP contribution is 2.20. The van der Waals surface area contributed by atoms with Gasteiger partial charge in [0.05, 0.1) is 5.34 Å². The molecule has 2 atom stereocenters. The zero-order valence-corrected chi connectivity index (χ0v) is 14.5. The first-order valence-electron chi connectivity index (χ1n) is 7.12. The lowest BCUT2D eigenvalue weighted by molar-refractivity contribution is 0.165. The highest BCUT2D eigenvalue weighted by molar-refractivity contribution is 6.40. The molecule has 0 spiro atoms. The molecule has 0 heterocycles. The molecular formula is C14H30Cl2N2O2. The van der Waals surface area contributed by atoms with E-state index in [1.807, 2.05) is 0 Å². The SMILES string of the molecule is CC1CCCCC(N)CCC1.CN(C)C(=O)O.ClCCl. The number of carbonyl (C=O) groups is 1. The van der Waals surface area contributed by atoms with E-state index in [0.29, 0.717) is 6.04 Å². The fourth-order valence-electron chi connectivity index (χ4n) is 1.92. The summed E-state index contributed by atoms with van der Waals surface area (Å²) >= 11 is 9.53. The van der Waals surface area contributed by atoms with Crippen LogP contribution in [0.15, 0.2) is 0 Å². The van der Waals surface area contributed by atoms with Gasteiger partial charge < -0.3 is 15.7 Å². The molecule has 0 aromatic rings. The van der Waals surface area contributed by atoms with Gasteiger partial charge in [0.15, 0.2) is 0 Å². The van der Waals surface area contributed by atoms with Crippen molar-refractivity contribution in [3.05, 3.63) is 0 Å². The molecule has 0 radical (unpaired) electrons. The van der Waals surface area contributed by atoms with Gasteiger partial charge in [-0.05, 0) is 18.8 Å². The topological polar surface area (TPSA) is 66.6 Å². The Morgan fingerprint density at radius 1 is 1.15 bits per heavy atom. The molecule has 1 fully saturated rings. The minimum atomic E-state index is -0.907. The molecule has 1 aliphatic rings. The molecule has 3 N–H and O–H groups in total. The molecule has 1 saturated carbocycles. The molecule has 0 aromatic heterocycles. The van der Waals surface area contributed by atoms with Crippen molar-refractivity contribution >= 4 is 29.3 Å². The largest absolute Gasteiger partial charge is 0.465 e. The maximum Gasteiger partial charge on any atom is 0.406 e. The Labute approximate surface area is 133 Å². The number of nitrogens with two attached hydrogens (primary N) is 1. The number of carboxylic acid groups (broad SMARTS) is 1. The van der Waals surface area contributed by atoms with Crippen molar-refractivity contribution < 1.29 is 9.90 Å². The number of hydrogen-bond acceptors (Lipinski definition) is 2. The zero-order valence-electron chi connectivity index (χ0n) is 12.9. The lowest BCUT2D eigenvalue weighted by atomic mass is 9.99. The van der Waals surface area contributed by atoms with Crippen LogP contribution in [-0.2, 0) is 0 Å².